The third kappa shape index (κ3) is 6.16. The lowest BCUT2D eigenvalue weighted by Gasteiger charge is -2.35. The number of likely N-dealkylation sites (tertiary alicyclic amines) is 1. The Morgan fingerprint density at radius 2 is 1.75 bits per heavy atom. The van der Waals surface area contributed by atoms with E-state index in [1.54, 1.807) is 14.2 Å². The summed E-state index contributed by atoms with van der Waals surface area (Å²) >= 11 is 0. The number of hydrogen-bond donors (Lipinski definition) is 1. The lowest BCUT2D eigenvalue weighted by molar-refractivity contribution is -0.126. The van der Waals surface area contributed by atoms with Gasteiger partial charge in [-0.15, -0.1) is 0 Å². The number of methoxy groups -OCH3 is 2. The van der Waals surface area contributed by atoms with E-state index < -0.39 is 0 Å². The van der Waals surface area contributed by atoms with Gasteiger partial charge < -0.3 is 19.5 Å². The SMILES string of the molecule is COc1ccc(CCNC(=O)C(C)N2CCC(Oc3cc(C)ccc3C)CC2)cc1OC. The lowest BCUT2D eigenvalue weighted by Crippen LogP contribution is -2.50. The first-order valence-corrected chi connectivity index (χ1v) is 11.4. The fourth-order valence-electron chi connectivity index (χ4n) is 4.07. The van der Waals surface area contributed by atoms with Crippen LogP contribution in [0.3, 0.4) is 0 Å². The van der Waals surface area contributed by atoms with Gasteiger partial charge in [0.2, 0.25) is 5.91 Å². The molecule has 1 aliphatic rings. The van der Waals surface area contributed by atoms with E-state index in [1.165, 1.54) is 11.1 Å². The maximum atomic E-state index is 12.7. The largest absolute Gasteiger partial charge is 0.493 e. The minimum Gasteiger partial charge on any atom is -0.493 e. The Balaban J connectivity index is 1.43. The van der Waals surface area contributed by atoms with Crippen molar-refractivity contribution in [2.45, 2.75) is 52.2 Å². The summed E-state index contributed by atoms with van der Waals surface area (Å²) in [7, 11) is 3.25. The Labute approximate surface area is 191 Å². The van der Waals surface area contributed by atoms with E-state index in [-0.39, 0.29) is 18.1 Å². The number of aryl methyl sites for hydroxylation is 2. The molecule has 6 heteroatoms. The summed E-state index contributed by atoms with van der Waals surface area (Å²) in [6.45, 7) is 8.46. The van der Waals surface area contributed by atoms with Gasteiger partial charge in [0.15, 0.2) is 11.5 Å². The van der Waals surface area contributed by atoms with Crippen LogP contribution in [0.5, 0.6) is 17.2 Å². The van der Waals surface area contributed by atoms with Gasteiger partial charge in [-0.3, -0.25) is 9.69 Å². The number of ether oxygens (including phenoxy) is 3. The summed E-state index contributed by atoms with van der Waals surface area (Å²) in [6.07, 6.45) is 2.80. The van der Waals surface area contributed by atoms with Gasteiger partial charge in [0, 0.05) is 19.6 Å². The van der Waals surface area contributed by atoms with Crippen molar-refractivity contribution in [1.29, 1.82) is 0 Å². The van der Waals surface area contributed by atoms with Gasteiger partial charge in [-0.05, 0) is 74.9 Å². The molecule has 3 rings (SSSR count). The highest BCUT2D eigenvalue weighted by atomic mass is 16.5. The summed E-state index contributed by atoms with van der Waals surface area (Å²) in [5.41, 5.74) is 3.47. The van der Waals surface area contributed by atoms with Gasteiger partial charge in [-0.1, -0.05) is 18.2 Å². The number of nitrogens with zero attached hydrogens (tertiary/aromatic N) is 1. The Morgan fingerprint density at radius 3 is 2.44 bits per heavy atom. The summed E-state index contributed by atoms with van der Waals surface area (Å²) in [5, 5.41) is 3.08. The molecule has 0 radical (unpaired) electrons. The van der Waals surface area contributed by atoms with Crippen molar-refractivity contribution < 1.29 is 19.0 Å². The van der Waals surface area contributed by atoms with Crippen molar-refractivity contribution in [2.24, 2.45) is 0 Å². The minimum absolute atomic E-state index is 0.0689. The maximum absolute atomic E-state index is 12.7. The maximum Gasteiger partial charge on any atom is 0.237 e. The van der Waals surface area contributed by atoms with Crippen molar-refractivity contribution in [2.75, 3.05) is 33.9 Å². The first-order chi connectivity index (χ1) is 15.4. The van der Waals surface area contributed by atoms with Gasteiger partial charge in [-0.2, -0.15) is 0 Å². The third-order valence-electron chi connectivity index (χ3n) is 6.20. The number of piperidine rings is 1. The van der Waals surface area contributed by atoms with Crippen molar-refractivity contribution in [1.82, 2.24) is 10.2 Å². The molecule has 2 aromatic rings. The van der Waals surface area contributed by atoms with E-state index in [2.05, 4.69) is 42.3 Å². The standard InChI is InChI=1S/C26H36N2O4/c1-18-6-7-19(2)24(16-18)32-22-11-14-28(15-12-22)20(3)26(29)27-13-10-21-8-9-23(30-4)25(17-21)31-5/h6-9,16-17,20,22H,10-15H2,1-5H3,(H,27,29). The average molecular weight is 441 g/mol. The van der Waals surface area contributed by atoms with E-state index in [4.69, 9.17) is 14.2 Å². The molecule has 1 N–H and O–H groups in total. The molecule has 6 nitrogen and oxygen atoms in total. The topological polar surface area (TPSA) is 60.0 Å². The summed E-state index contributed by atoms with van der Waals surface area (Å²) in [6, 6.07) is 12.0. The lowest BCUT2D eigenvalue weighted by atomic mass is 10.0. The zero-order chi connectivity index (χ0) is 23.1. The molecule has 1 aliphatic heterocycles. The molecular weight excluding hydrogens is 404 g/mol. The molecule has 1 amide bonds. The van der Waals surface area contributed by atoms with E-state index in [0.29, 0.717) is 18.0 Å². The summed E-state index contributed by atoms with van der Waals surface area (Å²) < 4.78 is 16.9. The highest BCUT2D eigenvalue weighted by molar-refractivity contribution is 5.81. The molecule has 0 aliphatic carbocycles. The molecule has 0 aromatic heterocycles. The Bertz CT molecular complexity index is 907. The number of carbonyl (C=O) groups excluding carboxylic acids is 1. The third-order valence-corrected chi connectivity index (χ3v) is 6.20. The molecule has 0 bridgehead atoms. The number of carbonyl (C=O) groups is 1. The molecule has 1 saturated heterocycles. The van der Waals surface area contributed by atoms with Crippen LogP contribution in [0.2, 0.25) is 0 Å². The van der Waals surface area contributed by atoms with Crippen LogP contribution >= 0.6 is 0 Å². The van der Waals surface area contributed by atoms with Crippen LogP contribution < -0.4 is 19.5 Å². The normalized spacial score (nSPS) is 15.8. The molecular formula is C26H36N2O4. The first-order valence-electron chi connectivity index (χ1n) is 11.4. The van der Waals surface area contributed by atoms with Gasteiger partial charge in [0.25, 0.3) is 0 Å². The van der Waals surface area contributed by atoms with E-state index in [9.17, 15) is 4.79 Å². The van der Waals surface area contributed by atoms with Gasteiger partial charge >= 0.3 is 0 Å². The molecule has 32 heavy (non-hydrogen) atoms. The first kappa shape index (κ1) is 23.9. The number of rotatable bonds is 9. The molecule has 2 aromatic carbocycles. The zero-order valence-corrected chi connectivity index (χ0v) is 19.9. The van der Waals surface area contributed by atoms with Crippen LogP contribution in [0.4, 0.5) is 0 Å². The van der Waals surface area contributed by atoms with Crippen LogP contribution in [-0.4, -0.2) is 56.8 Å². The summed E-state index contributed by atoms with van der Waals surface area (Å²) in [4.78, 5) is 14.9. The number of nitrogens with one attached hydrogen (secondary N) is 1. The van der Waals surface area contributed by atoms with Crippen molar-refractivity contribution >= 4 is 5.91 Å². The molecule has 0 saturated carbocycles. The van der Waals surface area contributed by atoms with Gasteiger partial charge in [-0.25, -0.2) is 0 Å². The van der Waals surface area contributed by atoms with Crippen LogP contribution in [0.15, 0.2) is 36.4 Å². The fourth-order valence-corrected chi connectivity index (χ4v) is 4.07. The second-order valence-corrected chi connectivity index (χ2v) is 8.53. The Kier molecular flexibility index (Phi) is 8.39. The van der Waals surface area contributed by atoms with Crippen molar-refractivity contribution in [3.8, 4) is 17.2 Å². The van der Waals surface area contributed by atoms with Crippen molar-refractivity contribution in [3.63, 3.8) is 0 Å². The van der Waals surface area contributed by atoms with Gasteiger partial charge in [0.05, 0.1) is 20.3 Å². The predicted molar refractivity (Wildman–Crippen MR) is 127 cm³/mol. The number of amides is 1. The zero-order valence-electron chi connectivity index (χ0n) is 19.9. The summed E-state index contributed by atoms with van der Waals surface area (Å²) in [5.74, 6) is 2.46. The molecule has 1 atom stereocenters. The Hall–Kier alpha value is -2.73. The minimum atomic E-state index is -0.151. The molecule has 1 unspecified atom stereocenters. The molecule has 1 fully saturated rings. The van der Waals surface area contributed by atoms with E-state index >= 15 is 0 Å². The monoisotopic (exact) mass is 440 g/mol. The van der Waals surface area contributed by atoms with E-state index in [1.807, 2.05) is 25.1 Å². The fraction of sp³-hybridized carbons (Fsp3) is 0.500. The second-order valence-electron chi connectivity index (χ2n) is 8.53. The number of benzene rings is 2. The van der Waals surface area contributed by atoms with Crippen molar-refractivity contribution in [3.05, 3.63) is 53.1 Å². The molecule has 174 valence electrons. The van der Waals surface area contributed by atoms with Gasteiger partial charge in [0.1, 0.15) is 11.9 Å². The highest BCUT2D eigenvalue weighted by Crippen LogP contribution is 2.28. The van der Waals surface area contributed by atoms with Crippen LogP contribution in [0.25, 0.3) is 0 Å². The van der Waals surface area contributed by atoms with Crippen LogP contribution in [-0.2, 0) is 11.2 Å². The highest BCUT2D eigenvalue weighted by Gasteiger charge is 2.27. The smallest absolute Gasteiger partial charge is 0.237 e. The van der Waals surface area contributed by atoms with Crippen LogP contribution in [0.1, 0.15) is 36.5 Å². The Morgan fingerprint density at radius 1 is 1.03 bits per heavy atom. The second kappa shape index (κ2) is 11.2. The van der Waals surface area contributed by atoms with Crippen LogP contribution in [0, 0.1) is 13.8 Å². The predicted octanol–water partition coefficient (Wildman–Crippen LogP) is 3.91. The van der Waals surface area contributed by atoms with E-state index in [0.717, 1.165) is 43.7 Å². The average Bonchev–Trinajstić information content (AvgIpc) is 2.81. The molecule has 0 spiro atoms. The number of hydrogen-bond acceptors (Lipinski definition) is 5. The quantitative estimate of drug-likeness (QED) is 0.641. The molecule has 1 heterocycles.